The molecule has 6 heteroatoms. The van der Waals surface area contributed by atoms with Crippen molar-refractivity contribution >= 4 is 11.8 Å². The minimum atomic E-state index is -0.296. The summed E-state index contributed by atoms with van der Waals surface area (Å²) in [6, 6.07) is 3.30. The molecule has 3 rings (SSSR count). The van der Waals surface area contributed by atoms with Gasteiger partial charge in [-0.2, -0.15) is 4.73 Å². The Balaban J connectivity index is 1.60. The van der Waals surface area contributed by atoms with Gasteiger partial charge < -0.3 is 15.4 Å². The van der Waals surface area contributed by atoms with Gasteiger partial charge in [0.05, 0.1) is 6.04 Å². The van der Waals surface area contributed by atoms with Crippen LogP contribution in [0.4, 0.5) is 0 Å². The number of likely N-dealkylation sites (tertiary alicyclic amines) is 1. The Bertz CT molecular complexity index is 582. The summed E-state index contributed by atoms with van der Waals surface area (Å²) in [7, 11) is 0. The van der Waals surface area contributed by atoms with Gasteiger partial charge in [0.2, 0.25) is 5.91 Å². The molecule has 0 unspecified atom stereocenters. The minimum Gasteiger partial charge on any atom is -0.619 e. The van der Waals surface area contributed by atoms with Crippen LogP contribution >= 0.6 is 0 Å². The van der Waals surface area contributed by atoms with Crippen LogP contribution in [0.5, 0.6) is 0 Å². The number of nitrogens with zero attached hydrogens (tertiary/aromatic N) is 2. The van der Waals surface area contributed by atoms with Gasteiger partial charge in [-0.15, -0.1) is 0 Å². The number of aromatic nitrogens is 1. The third-order valence-corrected chi connectivity index (χ3v) is 4.80. The van der Waals surface area contributed by atoms with Crippen molar-refractivity contribution in [3.8, 4) is 0 Å². The van der Waals surface area contributed by atoms with Crippen molar-refractivity contribution in [3.63, 3.8) is 0 Å². The number of hydrogen-bond donors (Lipinski definition) is 1. The molecule has 6 nitrogen and oxygen atoms in total. The fourth-order valence-corrected chi connectivity index (χ4v) is 3.61. The summed E-state index contributed by atoms with van der Waals surface area (Å²) >= 11 is 0. The first kappa shape index (κ1) is 15.8. The lowest BCUT2D eigenvalue weighted by atomic mass is 10.1. The van der Waals surface area contributed by atoms with Gasteiger partial charge in [0.1, 0.15) is 5.56 Å². The van der Waals surface area contributed by atoms with Gasteiger partial charge >= 0.3 is 0 Å². The van der Waals surface area contributed by atoms with Crippen LogP contribution in [-0.4, -0.2) is 35.3 Å². The first-order chi connectivity index (χ1) is 11.1. The van der Waals surface area contributed by atoms with Gasteiger partial charge in [-0.05, 0) is 18.9 Å². The zero-order valence-electron chi connectivity index (χ0n) is 13.2. The van der Waals surface area contributed by atoms with Gasteiger partial charge in [0.15, 0.2) is 12.4 Å². The van der Waals surface area contributed by atoms with E-state index in [4.69, 9.17) is 0 Å². The Morgan fingerprint density at radius 2 is 2.00 bits per heavy atom. The second-order valence-electron chi connectivity index (χ2n) is 6.52. The van der Waals surface area contributed by atoms with Crippen molar-refractivity contribution in [2.45, 2.75) is 57.0 Å². The summed E-state index contributed by atoms with van der Waals surface area (Å²) in [5.41, 5.74) is 0.322. The fraction of sp³-hybridized carbons (Fsp3) is 0.588. The molecule has 2 amide bonds. The predicted molar refractivity (Wildman–Crippen MR) is 84.5 cm³/mol. The third-order valence-electron chi connectivity index (χ3n) is 4.80. The van der Waals surface area contributed by atoms with Crippen molar-refractivity contribution in [1.29, 1.82) is 0 Å². The molecule has 1 atom stereocenters. The number of nitrogens with one attached hydrogen (secondary N) is 1. The molecule has 124 valence electrons. The van der Waals surface area contributed by atoms with E-state index in [1.54, 1.807) is 12.1 Å². The van der Waals surface area contributed by atoms with Gasteiger partial charge in [-0.25, -0.2) is 0 Å². The van der Waals surface area contributed by atoms with Crippen molar-refractivity contribution < 1.29 is 14.3 Å². The van der Waals surface area contributed by atoms with Crippen LogP contribution in [0.25, 0.3) is 0 Å². The van der Waals surface area contributed by atoms with E-state index in [-0.39, 0.29) is 17.9 Å². The monoisotopic (exact) mass is 317 g/mol. The highest BCUT2D eigenvalue weighted by molar-refractivity contribution is 5.94. The Hall–Kier alpha value is -2.11. The molecular formula is C17H23N3O3. The summed E-state index contributed by atoms with van der Waals surface area (Å²) in [6.07, 6.45) is 9.94. The van der Waals surface area contributed by atoms with Gasteiger partial charge in [-0.1, -0.05) is 25.7 Å². The molecule has 1 aromatic heterocycles. The summed E-state index contributed by atoms with van der Waals surface area (Å²) in [4.78, 5) is 26.4. The number of rotatable bonds is 3. The zero-order valence-corrected chi connectivity index (χ0v) is 13.2. The van der Waals surface area contributed by atoms with Crippen molar-refractivity contribution in [3.05, 3.63) is 35.3 Å². The van der Waals surface area contributed by atoms with E-state index >= 15 is 0 Å². The molecular weight excluding hydrogens is 294 g/mol. The Labute approximate surface area is 136 Å². The molecule has 0 aromatic carbocycles. The molecule has 0 bridgehead atoms. The quantitative estimate of drug-likeness (QED) is 0.520. The van der Waals surface area contributed by atoms with Crippen molar-refractivity contribution in [1.82, 2.24) is 10.2 Å². The van der Waals surface area contributed by atoms with E-state index in [2.05, 4.69) is 5.32 Å². The topological polar surface area (TPSA) is 76.4 Å². The van der Waals surface area contributed by atoms with E-state index in [9.17, 15) is 14.8 Å². The molecule has 1 saturated carbocycles. The average molecular weight is 317 g/mol. The van der Waals surface area contributed by atoms with Crippen LogP contribution in [0, 0.1) is 5.21 Å². The van der Waals surface area contributed by atoms with Crippen molar-refractivity contribution in [2.24, 2.45) is 0 Å². The number of carbonyl (C=O) groups excluding carboxylic acids is 2. The fourth-order valence-electron chi connectivity index (χ4n) is 3.61. The second kappa shape index (κ2) is 6.98. The average Bonchev–Trinajstić information content (AvgIpc) is 2.75. The lowest BCUT2D eigenvalue weighted by Crippen LogP contribution is -2.41. The standard InChI is InChI=1S/C17H23N3O3/c21-16-10-14(12-20(16)15-7-3-1-2-4-8-15)18-17(22)13-6-5-9-19(23)11-13/h5-6,9,11,14-15H,1-4,7-8,10,12H2,(H,18,22)/t14-/m0/s1. The maximum Gasteiger partial charge on any atom is 0.257 e. The van der Waals surface area contributed by atoms with Gasteiger partial charge in [0.25, 0.3) is 5.91 Å². The van der Waals surface area contributed by atoms with E-state index < -0.39 is 0 Å². The predicted octanol–water partition coefficient (Wildman–Crippen LogP) is 1.37. The normalized spacial score (nSPS) is 22.9. The van der Waals surface area contributed by atoms with E-state index in [1.165, 1.54) is 38.1 Å². The molecule has 1 N–H and O–H groups in total. The maximum atomic E-state index is 12.3. The molecule has 1 saturated heterocycles. The second-order valence-corrected chi connectivity index (χ2v) is 6.52. The number of pyridine rings is 1. The summed E-state index contributed by atoms with van der Waals surface area (Å²) in [5.74, 6) is -0.162. The van der Waals surface area contributed by atoms with Gasteiger partial charge in [0, 0.05) is 25.1 Å². The SMILES string of the molecule is O=C(N[C@H]1CC(=O)N(C2CCCCCC2)C1)c1ccc[n+]([O-])c1. The molecule has 0 spiro atoms. The summed E-state index contributed by atoms with van der Waals surface area (Å²) < 4.78 is 0.604. The molecule has 1 aliphatic carbocycles. The lowest BCUT2D eigenvalue weighted by Gasteiger charge is -2.27. The highest BCUT2D eigenvalue weighted by atomic mass is 16.5. The van der Waals surface area contributed by atoms with Crippen LogP contribution in [0.1, 0.15) is 55.3 Å². The molecule has 1 aromatic rings. The summed E-state index contributed by atoms with van der Waals surface area (Å²) in [5, 5.41) is 14.1. The molecule has 2 aliphatic rings. The maximum absolute atomic E-state index is 12.3. The van der Waals surface area contributed by atoms with E-state index in [0.29, 0.717) is 29.3 Å². The number of carbonyl (C=O) groups is 2. The molecule has 1 aliphatic heterocycles. The van der Waals surface area contributed by atoms with Crippen LogP contribution in [-0.2, 0) is 4.79 Å². The Kier molecular flexibility index (Phi) is 4.79. The first-order valence-electron chi connectivity index (χ1n) is 8.42. The lowest BCUT2D eigenvalue weighted by molar-refractivity contribution is -0.605. The van der Waals surface area contributed by atoms with Crippen molar-refractivity contribution in [2.75, 3.05) is 6.54 Å². The molecule has 0 radical (unpaired) electrons. The van der Waals surface area contributed by atoms with E-state index in [1.807, 2.05) is 4.90 Å². The van der Waals surface area contributed by atoms with Crippen LogP contribution in [0.2, 0.25) is 0 Å². The highest BCUT2D eigenvalue weighted by Gasteiger charge is 2.35. The smallest absolute Gasteiger partial charge is 0.257 e. The summed E-state index contributed by atoms with van der Waals surface area (Å²) in [6.45, 7) is 0.583. The third kappa shape index (κ3) is 3.81. The minimum absolute atomic E-state index is 0.133. The highest BCUT2D eigenvalue weighted by Crippen LogP contribution is 2.25. The van der Waals surface area contributed by atoms with Crippen LogP contribution in [0.15, 0.2) is 24.5 Å². The molecule has 2 heterocycles. The Morgan fingerprint density at radius 3 is 2.70 bits per heavy atom. The first-order valence-corrected chi connectivity index (χ1v) is 8.42. The molecule has 23 heavy (non-hydrogen) atoms. The van der Waals surface area contributed by atoms with Crippen LogP contribution < -0.4 is 10.0 Å². The largest absolute Gasteiger partial charge is 0.619 e. The zero-order chi connectivity index (χ0) is 16.2. The number of amides is 2. The molecule has 2 fully saturated rings. The Morgan fingerprint density at radius 1 is 1.26 bits per heavy atom. The van der Waals surface area contributed by atoms with Crippen LogP contribution in [0.3, 0.4) is 0 Å². The van der Waals surface area contributed by atoms with E-state index in [0.717, 1.165) is 12.8 Å². The van der Waals surface area contributed by atoms with Gasteiger partial charge in [-0.3, -0.25) is 9.59 Å². The number of hydrogen-bond acceptors (Lipinski definition) is 3.